The molecule has 0 bridgehead atoms. The van der Waals surface area contributed by atoms with Crippen molar-refractivity contribution >= 4 is 69.8 Å². The number of urea groups is 1. The summed E-state index contributed by atoms with van der Waals surface area (Å²) in [5.74, 6) is -1.99. The molecule has 3 aromatic rings. The Morgan fingerprint density at radius 3 is 2.60 bits per heavy atom. The van der Waals surface area contributed by atoms with Crippen molar-refractivity contribution < 1.29 is 38.2 Å². The molecule has 5 rings (SSSR count). The van der Waals surface area contributed by atoms with Gasteiger partial charge >= 0.3 is 18.2 Å². The van der Waals surface area contributed by atoms with Crippen LogP contribution in [0.5, 0.6) is 0 Å². The quantitative estimate of drug-likeness (QED) is 0.146. The van der Waals surface area contributed by atoms with E-state index in [1.54, 1.807) is 45.2 Å². The molecule has 1 fully saturated rings. The number of halogens is 1. The first-order valence-electron chi connectivity index (χ1n) is 17.0. The number of anilines is 2. The van der Waals surface area contributed by atoms with Crippen LogP contribution in [-0.2, 0) is 25.6 Å². The number of alkyl carbamates (subject to hydrolysis) is 1. The second-order valence-electron chi connectivity index (χ2n) is 13.5. The summed E-state index contributed by atoms with van der Waals surface area (Å²) in [7, 11) is 0. The van der Waals surface area contributed by atoms with E-state index in [0.29, 0.717) is 34.1 Å². The molecule has 52 heavy (non-hydrogen) atoms. The molecule has 15 nitrogen and oxygen atoms in total. The average molecular weight is 736 g/mol. The second-order valence-corrected chi connectivity index (χ2v) is 14.0. The molecule has 2 unspecified atom stereocenters. The number of pyridine rings is 1. The lowest BCUT2D eigenvalue weighted by Gasteiger charge is -2.35. The van der Waals surface area contributed by atoms with Crippen molar-refractivity contribution in [2.24, 2.45) is 0 Å². The summed E-state index contributed by atoms with van der Waals surface area (Å²) in [4.78, 5) is 82.8. The molecule has 0 spiro atoms. The molecule has 1 aromatic heterocycles. The van der Waals surface area contributed by atoms with Gasteiger partial charge in [-0.2, -0.15) is 4.90 Å². The van der Waals surface area contributed by atoms with Gasteiger partial charge in [-0.3, -0.25) is 19.4 Å². The Balaban J connectivity index is 1.03. The molecule has 16 heteroatoms. The number of nitrogens with one attached hydrogen (secondary N) is 4. The van der Waals surface area contributed by atoms with Gasteiger partial charge in [-0.05, 0) is 83.4 Å². The Kier molecular flexibility index (Phi) is 11.8. The highest BCUT2D eigenvalue weighted by atomic mass is 35.5. The number of likely N-dealkylation sites (tertiary alicyclic amines) is 1. The Bertz CT molecular complexity index is 1880. The predicted molar refractivity (Wildman–Crippen MR) is 193 cm³/mol. The van der Waals surface area contributed by atoms with Crippen LogP contribution in [0.2, 0.25) is 5.02 Å². The maximum Gasteiger partial charge on any atom is 0.424 e. The third kappa shape index (κ3) is 9.26. The van der Waals surface area contributed by atoms with Crippen LogP contribution in [0, 0.1) is 0 Å². The first kappa shape index (κ1) is 37.8. The fourth-order valence-electron chi connectivity index (χ4n) is 5.99. The molecule has 2 aromatic carbocycles. The molecule has 0 radical (unpaired) electrons. The van der Waals surface area contributed by atoms with Crippen LogP contribution in [0.15, 0.2) is 48.7 Å². The van der Waals surface area contributed by atoms with Gasteiger partial charge in [-0.1, -0.05) is 17.7 Å². The standard InChI is InChI=1S/C36H42ClN7O8/c1-21(41-27-14-16-38-28-19-22(37)10-11-24(27)28)7-6-15-40-34(49)51-18-17-39-33(48)42-26-9-5-8-23-25(26)20-43(31(23)46)29-12-13-30(45)44(32(29)47)35(50)52-36(2,3)4/h5,8-11,14,16,19,21,29H,6-7,12-13,15,17-18,20H2,1-4H3,(H,38,41)(H,40,49)(H2,39,42,48). The average Bonchev–Trinajstić information content (AvgIpc) is 3.41. The summed E-state index contributed by atoms with van der Waals surface area (Å²) in [5, 5.41) is 13.1. The van der Waals surface area contributed by atoms with E-state index in [4.69, 9.17) is 21.1 Å². The van der Waals surface area contributed by atoms with E-state index >= 15 is 0 Å². The van der Waals surface area contributed by atoms with E-state index in [1.807, 2.05) is 24.3 Å². The van der Waals surface area contributed by atoms with Gasteiger partial charge in [0.15, 0.2) is 0 Å². The fraction of sp³-hybridized carbons (Fsp3) is 0.417. The smallest absolute Gasteiger partial charge is 0.424 e. The van der Waals surface area contributed by atoms with Crippen molar-refractivity contribution in [3.05, 3.63) is 64.8 Å². The fourth-order valence-corrected chi connectivity index (χ4v) is 6.15. The van der Waals surface area contributed by atoms with E-state index in [0.717, 1.165) is 23.0 Å². The number of nitrogens with zero attached hydrogens (tertiary/aromatic N) is 3. The van der Waals surface area contributed by atoms with Crippen molar-refractivity contribution in [3.8, 4) is 0 Å². The minimum Gasteiger partial charge on any atom is -0.448 e. The van der Waals surface area contributed by atoms with E-state index in [2.05, 4.69) is 33.2 Å². The molecule has 1 saturated heterocycles. The second kappa shape index (κ2) is 16.3. The predicted octanol–water partition coefficient (Wildman–Crippen LogP) is 5.43. The highest BCUT2D eigenvalue weighted by Gasteiger charge is 2.46. The molecule has 3 heterocycles. The van der Waals surface area contributed by atoms with Crippen LogP contribution in [0.3, 0.4) is 0 Å². The monoisotopic (exact) mass is 735 g/mol. The molecule has 7 amide bonds. The number of carbonyl (C=O) groups excluding carboxylic acids is 6. The van der Waals surface area contributed by atoms with Crippen molar-refractivity contribution in [2.75, 3.05) is 30.3 Å². The lowest BCUT2D eigenvalue weighted by atomic mass is 10.0. The van der Waals surface area contributed by atoms with Crippen LogP contribution in [0.1, 0.15) is 69.3 Å². The number of amides is 7. The van der Waals surface area contributed by atoms with Gasteiger partial charge in [-0.25, -0.2) is 14.4 Å². The Labute approximate surface area is 305 Å². The van der Waals surface area contributed by atoms with Crippen molar-refractivity contribution in [1.29, 1.82) is 0 Å². The molecular weight excluding hydrogens is 694 g/mol. The van der Waals surface area contributed by atoms with Gasteiger partial charge in [0, 0.05) is 64.7 Å². The van der Waals surface area contributed by atoms with Crippen molar-refractivity contribution in [3.63, 3.8) is 0 Å². The maximum atomic E-state index is 13.4. The zero-order valence-corrected chi connectivity index (χ0v) is 30.2. The molecule has 0 saturated carbocycles. The largest absolute Gasteiger partial charge is 0.448 e. The van der Waals surface area contributed by atoms with Gasteiger partial charge in [0.1, 0.15) is 18.2 Å². The van der Waals surface area contributed by atoms with Crippen molar-refractivity contribution in [2.45, 2.75) is 77.6 Å². The molecule has 2 aliphatic heterocycles. The normalized spacial score (nSPS) is 16.3. The molecule has 276 valence electrons. The summed E-state index contributed by atoms with van der Waals surface area (Å²) < 4.78 is 10.4. The number of hydrogen-bond acceptors (Lipinski definition) is 10. The van der Waals surface area contributed by atoms with Gasteiger partial charge in [0.25, 0.3) is 11.8 Å². The van der Waals surface area contributed by atoms with Crippen LogP contribution in [-0.4, -0.2) is 88.1 Å². The summed E-state index contributed by atoms with van der Waals surface area (Å²) in [6.07, 6.45) is 1.44. The number of piperidine rings is 1. The topological polar surface area (TPSA) is 188 Å². The lowest BCUT2D eigenvalue weighted by molar-refractivity contribution is -0.150. The van der Waals surface area contributed by atoms with Crippen LogP contribution in [0.4, 0.5) is 25.8 Å². The third-order valence-electron chi connectivity index (χ3n) is 8.39. The number of rotatable bonds is 11. The number of aromatic nitrogens is 1. The molecular formula is C36H42ClN7O8. The zero-order valence-electron chi connectivity index (χ0n) is 29.4. The Morgan fingerprint density at radius 1 is 1.04 bits per heavy atom. The Morgan fingerprint density at radius 2 is 1.83 bits per heavy atom. The van der Waals surface area contributed by atoms with E-state index in [9.17, 15) is 28.8 Å². The van der Waals surface area contributed by atoms with E-state index < -0.39 is 47.6 Å². The minimum absolute atomic E-state index is 0.0224. The summed E-state index contributed by atoms with van der Waals surface area (Å²) in [6.45, 7) is 7.23. The minimum atomic E-state index is -1.09. The van der Waals surface area contributed by atoms with Crippen LogP contribution in [0.25, 0.3) is 10.9 Å². The maximum absolute atomic E-state index is 13.4. The first-order chi connectivity index (χ1) is 24.7. The van der Waals surface area contributed by atoms with E-state index in [1.165, 1.54) is 4.90 Å². The molecule has 0 aliphatic carbocycles. The number of hydrogen-bond donors (Lipinski definition) is 4. The van der Waals surface area contributed by atoms with Gasteiger partial charge < -0.3 is 35.6 Å². The van der Waals surface area contributed by atoms with Crippen LogP contribution >= 0.6 is 11.6 Å². The molecule has 2 atom stereocenters. The number of benzene rings is 2. The molecule has 2 aliphatic rings. The van der Waals surface area contributed by atoms with E-state index in [-0.39, 0.29) is 44.1 Å². The molecule has 4 N–H and O–H groups in total. The number of fused-ring (bicyclic) bond motifs is 2. The van der Waals surface area contributed by atoms with Gasteiger partial charge in [-0.15, -0.1) is 0 Å². The van der Waals surface area contributed by atoms with Crippen LogP contribution < -0.4 is 21.3 Å². The van der Waals surface area contributed by atoms with Gasteiger partial charge in [0.05, 0.1) is 12.1 Å². The SMILES string of the molecule is CC(CCCNC(=O)OCCNC(=O)Nc1cccc2c1CN(C1CCC(=O)N(C(=O)OC(C)(C)C)C1=O)C2=O)Nc1ccnc2cc(Cl)ccc12. The first-order valence-corrected chi connectivity index (χ1v) is 17.4. The van der Waals surface area contributed by atoms with Crippen molar-refractivity contribution in [1.82, 2.24) is 25.4 Å². The number of ether oxygens (including phenoxy) is 2. The Hall–Kier alpha value is -5.44. The highest BCUT2D eigenvalue weighted by Crippen LogP contribution is 2.33. The summed E-state index contributed by atoms with van der Waals surface area (Å²) in [6, 6.07) is 10.7. The number of imide groups is 3. The van der Waals surface area contributed by atoms with Gasteiger partial charge in [0.2, 0.25) is 5.91 Å². The summed E-state index contributed by atoms with van der Waals surface area (Å²) in [5.41, 5.74) is 1.93. The lowest BCUT2D eigenvalue weighted by Crippen LogP contribution is -2.57. The third-order valence-corrected chi connectivity index (χ3v) is 8.63. The zero-order chi connectivity index (χ0) is 37.6. The summed E-state index contributed by atoms with van der Waals surface area (Å²) >= 11 is 6.08. The number of carbonyl (C=O) groups is 6. The highest BCUT2D eigenvalue weighted by molar-refractivity contribution is 6.31.